The number of thioether (sulfide) groups is 1. The van der Waals surface area contributed by atoms with Gasteiger partial charge < -0.3 is 11.1 Å². The summed E-state index contributed by atoms with van der Waals surface area (Å²) in [6.07, 6.45) is 1.89. The van der Waals surface area contributed by atoms with Crippen LogP contribution in [0.15, 0.2) is 18.2 Å². The fourth-order valence-corrected chi connectivity index (χ4v) is 1.36. The van der Waals surface area contributed by atoms with E-state index < -0.39 is 0 Å². The minimum Gasteiger partial charge on any atom is -0.397 e. The fraction of sp³-hybridized carbons (Fsp3) is 0.300. The molecule has 0 aliphatic carbocycles. The van der Waals surface area contributed by atoms with Crippen LogP contribution in [0.4, 0.5) is 11.4 Å². The van der Waals surface area contributed by atoms with Crippen molar-refractivity contribution in [3.05, 3.63) is 23.2 Å². The highest BCUT2D eigenvalue weighted by Gasteiger charge is 2.11. The van der Waals surface area contributed by atoms with Crippen molar-refractivity contribution in [2.45, 2.75) is 12.2 Å². The van der Waals surface area contributed by atoms with Gasteiger partial charge in [-0.05, 0) is 31.4 Å². The number of rotatable bonds is 3. The Morgan fingerprint density at radius 2 is 2.27 bits per heavy atom. The first-order valence-electron chi connectivity index (χ1n) is 4.43. The number of nitrogens with two attached hydrogens (primary N) is 1. The predicted octanol–water partition coefficient (Wildman–Crippen LogP) is 2.61. The van der Waals surface area contributed by atoms with Crippen molar-refractivity contribution in [2.24, 2.45) is 0 Å². The highest BCUT2D eigenvalue weighted by Crippen LogP contribution is 2.22. The Kier molecular flexibility index (Phi) is 4.29. The maximum atomic E-state index is 11.5. The van der Waals surface area contributed by atoms with E-state index in [2.05, 4.69) is 5.32 Å². The molecule has 82 valence electrons. The van der Waals surface area contributed by atoms with E-state index in [1.807, 2.05) is 13.2 Å². The minimum atomic E-state index is -0.0816. The topological polar surface area (TPSA) is 55.1 Å². The number of anilines is 2. The third-order valence-electron chi connectivity index (χ3n) is 1.99. The lowest BCUT2D eigenvalue weighted by atomic mass is 10.2. The van der Waals surface area contributed by atoms with E-state index in [0.717, 1.165) is 0 Å². The molecule has 0 saturated heterocycles. The molecule has 0 saturated carbocycles. The summed E-state index contributed by atoms with van der Waals surface area (Å²) in [5.74, 6) is -0.0378. The molecule has 0 radical (unpaired) electrons. The van der Waals surface area contributed by atoms with Gasteiger partial charge in [0.05, 0.1) is 16.0 Å². The molecule has 0 aliphatic rings. The Hall–Kier alpha value is -0.870. The Morgan fingerprint density at radius 3 is 2.80 bits per heavy atom. The van der Waals surface area contributed by atoms with Crippen molar-refractivity contribution in [3.8, 4) is 0 Å². The van der Waals surface area contributed by atoms with Crippen LogP contribution in [0, 0.1) is 0 Å². The summed E-state index contributed by atoms with van der Waals surface area (Å²) in [7, 11) is 0. The lowest BCUT2D eigenvalue weighted by Gasteiger charge is -2.10. The fourth-order valence-electron chi connectivity index (χ4n) is 0.972. The number of amides is 1. The van der Waals surface area contributed by atoms with Crippen LogP contribution in [0.25, 0.3) is 0 Å². The van der Waals surface area contributed by atoms with Crippen LogP contribution in [0.1, 0.15) is 6.92 Å². The molecule has 15 heavy (non-hydrogen) atoms. The highest BCUT2D eigenvalue weighted by atomic mass is 35.5. The smallest absolute Gasteiger partial charge is 0.237 e. The zero-order valence-electron chi connectivity index (χ0n) is 8.58. The van der Waals surface area contributed by atoms with Crippen molar-refractivity contribution in [1.29, 1.82) is 0 Å². The maximum Gasteiger partial charge on any atom is 0.237 e. The normalized spacial score (nSPS) is 12.2. The third kappa shape index (κ3) is 3.32. The van der Waals surface area contributed by atoms with E-state index in [-0.39, 0.29) is 11.2 Å². The first kappa shape index (κ1) is 12.2. The molecule has 0 fully saturated rings. The van der Waals surface area contributed by atoms with E-state index >= 15 is 0 Å². The minimum absolute atomic E-state index is 0.0378. The molecule has 1 amide bonds. The molecular weight excluding hydrogens is 232 g/mol. The lowest BCUT2D eigenvalue weighted by Crippen LogP contribution is -2.22. The largest absolute Gasteiger partial charge is 0.397 e. The Bertz CT molecular complexity index is 370. The number of nitrogen functional groups attached to an aromatic ring is 1. The zero-order valence-corrected chi connectivity index (χ0v) is 10.2. The van der Waals surface area contributed by atoms with Gasteiger partial charge in [-0.25, -0.2) is 0 Å². The van der Waals surface area contributed by atoms with Crippen LogP contribution in [0.5, 0.6) is 0 Å². The predicted molar refractivity (Wildman–Crippen MR) is 67.5 cm³/mol. The van der Waals surface area contributed by atoms with Crippen LogP contribution >= 0.6 is 23.4 Å². The summed E-state index contributed by atoms with van der Waals surface area (Å²) in [5.41, 5.74) is 6.75. The van der Waals surface area contributed by atoms with Crippen LogP contribution in [0.3, 0.4) is 0 Å². The number of hydrogen-bond acceptors (Lipinski definition) is 3. The number of benzene rings is 1. The van der Waals surface area contributed by atoms with Crippen molar-refractivity contribution >= 4 is 40.6 Å². The second-order valence-corrected chi connectivity index (χ2v) is 4.69. The quantitative estimate of drug-likeness (QED) is 0.804. The Balaban J connectivity index is 2.73. The second kappa shape index (κ2) is 5.28. The molecule has 3 nitrogen and oxygen atoms in total. The summed E-state index contributed by atoms with van der Waals surface area (Å²) in [4.78, 5) is 11.5. The SMILES string of the molecule is CSC(C)C(=O)Nc1ccc(Cl)c(N)c1. The molecule has 1 aromatic rings. The van der Waals surface area contributed by atoms with Gasteiger partial charge in [0.25, 0.3) is 0 Å². The molecule has 0 aliphatic heterocycles. The average molecular weight is 245 g/mol. The lowest BCUT2D eigenvalue weighted by molar-refractivity contribution is -0.115. The van der Waals surface area contributed by atoms with Gasteiger partial charge in [0, 0.05) is 5.69 Å². The molecule has 0 aromatic heterocycles. The van der Waals surface area contributed by atoms with Crippen molar-refractivity contribution in [3.63, 3.8) is 0 Å². The van der Waals surface area contributed by atoms with Crippen LogP contribution < -0.4 is 11.1 Å². The Labute approximate surface area is 98.4 Å². The molecule has 5 heteroatoms. The van der Waals surface area contributed by atoms with Crippen molar-refractivity contribution in [2.75, 3.05) is 17.3 Å². The van der Waals surface area contributed by atoms with Gasteiger partial charge in [0.1, 0.15) is 0 Å². The first-order valence-corrected chi connectivity index (χ1v) is 6.10. The van der Waals surface area contributed by atoms with Crippen LogP contribution in [0.2, 0.25) is 5.02 Å². The molecule has 3 N–H and O–H groups in total. The average Bonchev–Trinajstić information content (AvgIpc) is 2.22. The van der Waals surface area contributed by atoms with Crippen LogP contribution in [-0.2, 0) is 4.79 Å². The molecule has 1 rings (SSSR count). The van der Waals surface area contributed by atoms with Gasteiger partial charge in [-0.1, -0.05) is 11.6 Å². The number of nitrogens with one attached hydrogen (secondary N) is 1. The van der Waals surface area contributed by atoms with Gasteiger partial charge >= 0.3 is 0 Å². The number of carbonyl (C=O) groups is 1. The van der Waals surface area contributed by atoms with Crippen LogP contribution in [-0.4, -0.2) is 17.4 Å². The standard InChI is InChI=1S/C10H13ClN2OS/c1-6(15-2)10(14)13-7-3-4-8(11)9(12)5-7/h3-6H,12H2,1-2H3,(H,13,14). The first-order chi connectivity index (χ1) is 7.04. The van der Waals surface area contributed by atoms with E-state index in [0.29, 0.717) is 16.4 Å². The number of hydrogen-bond donors (Lipinski definition) is 2. The third-order valence-corrected chi connectivity index (χ3v) is 3.25. The summed E-state index contributed by atoms with van der Waals surface area (Å²) in [6.45, 7) is 1.85. The second-order valence-electron chi connectivity index (χ2n) is 3.10. The van der Waals surface area contributed by atoms with E-state index in [1.165, 1.54) is 11.8 Å². The monoisotopic (exact) mass is 244 g/mol. The van der Waals surface area contributed by atoms with Crippen molar-refractivity contribution in [1.82, 2.24) is 0 Å². The zero-order chi connectivity index (χ0) is 11.4. The van der Waals surface area contributed by atoms with E-state index in [4.69, 9.17) is 17.3 Å². The molecule has 0 spiro atoms. The van der Waals surface area contributed by atoms with Gasteiger partial charge in [0.15, 0.2) is 0 Å². The maximum absolute atomic E-state index is 11.5. The number of halogens is 1. The van der Waals surface area contributed by atoms with Gasteiger partial charge in [0.2, 0.25) is 5.91 Å². The molecule has 1 aromatic carbocycles. The molecule has 0 heterocycles. The summed E-state index contributed by atoms with van der Waals surface area (Å²) in [6, 6.07) is 5.03. The van der Waals surface area contributed by atoms with Crippen molar-refractivity contribution < 1.29 is 4.79 Å². The molecule has 0 bridgehead atoms. The highest BCUT2D eigenvalue weighted by molar-refractivity contribution is 7.99. The van der Waals surface area contributed by atoms with E-state index in [1.54, 1.807) is 18.2 Å². The number of carbonyl (C=O) groups excluding carboxylic acids is 1. The van der Waals surface area contributed by atoms with Gasteiger partial charge in [-0.2, -0.15) is 11.8 Å². The summed E-state index contributed by atoms with van der Waals surface area (Å²) >= 11 is 7.26. The summed E-state index contributed by atoms with van der Waals surface area (Å²) in [5, 5.41) is 3.17. The molecule has 1 unspecified atom stereocenters. The molecular formula is C10H13ClN2OS. The van der Waals surface area contributed by atoms with Gasteiger partial charge in [-0.3, -0.25) is 4.79 Å². The Morgan fingerprint density at radius 1 is 1.60 bits per heavy atom. The molecule has 1 atom stereocenters. The van der Waals surface area contributed by atoms with Gasteiger partial charge in [-0.15, -0.1) is 0 Å². The van der Waals surface area contributed by atoms with E-state index in [9.17, 15) is 4.79 Å². The summed E-state index contributed by atoms with van der Waals surface area (Å²) < 4.78 is 0.